The van der Waals surface area contributed by atoms with Gasteiger partial charge < -0.3 is 19.6 Å². The van der Waals surface area contributed by atoms with Gasteiger partial charge in [-0.2, -0.15) is 0 Å². The van der Waals surface area contributed by atoms with E-state index in [2.05, 4.69) is 5.32 Å². The lowest BCUT2D eigenvalue weighted by Gasteiger charge is -2.08. The fraction of sp³-hybridized carbons (Fsp3) is 0.500. The molecule has 1 atom stereocenters. The molecule has 0 aromatic carbocycles. The highest BCUT2D eigenvalue weighted by molar-refractivity contribution is 5.88. The van der Waals surface area contributed by atoms with E-state index in [0.717, 1.165) is 13.0 Å². The molecule has 1 saturated heterocycles. The van der Waals surface area contributed by atoms with Gasteiger partial charge in [-0.05, 0) is 12.5 Å². The molecule has 2 N–H and O–H groups in total. The Bertz CT molecular complexity index is 341. The van der Waals surface area contributed by atoms with Crippen molar-refractivity contribution in [1.82, 2.24) is 5.32 Å². The number of aromatic carboxylic acids is 1. The number of rotatable bonds is 4. The topological polar surface area (TPSA) is 71.7 Å². The molecule has 0 spiro atoms. The summed E-state index contributed by atoms with van der Waals surface area (Å²) >= 11 is 0. The van der Waals surface area contributed by atoms with E-state index < -0.39 is 5.97 Å². The number of ether oxygens (including phenoxy) is 1. The summed E-state index contributed by atoms with van der Waals surface area (Å²) in [4.78, 5) is 10.8. The van der Waals surface area contributed by atoms with Crippen LogP contribution in [0.3, 0.4) is 0 Å². The van der Waals surface area contributed by atoms with Crippen LogP contribution in [0.2, 0.25) is 0 Å². The molecule has 0 bridgehead atoms. The molecular formula is C10H13NO4. The second-order valence-corrected chi connectivity index (χ2v) is 3.50. The van der Waals surface area contributed by atoms with Gasteiger partial charge in [0.15, 0.2) is 0 Å². The minimum absolute atomic E-state index is 0.224. The molecule has 1 aliphatic heterocycles. The van der Waals surface area contributed by atoms with Gasteiger partial charge in [-0.15, -0.1) is 0 Å². The lowest BCUT2D eigenvalue weighted by atomic mass is 10.2. The van der Waals surface area contributed by atoms with Gasteiger partial charge in [-0.1, -0.05) is 0 Å². The SMILES string of the molecule is O=C(O)c1ccoc1CNC1CCOC1. The standard InChI is InChI=1S/C10H13NO4/c12-10(13)8-2-4-15-9(8)5-11-7-1-3-14-6-7/h2,4,7,11H,1,3,5-6H2,(H,12,13). The van der Waals surface area contributed by atoms with Crippen LogP contribution in [0, 0.1) is 0 Å². The summed E-state index contributed by atoms with van der Waals surface area (Å²) in [5, 5.41) is 12.0. The molecule has 5 heteroatoms. The Kier molecular flexibility index (Phi) is 3.03. The normalized spacial score (nSPS) is 20.7. The summed E-state index contributed by atoms with van der Waals surface area (Å²) in [6.45, 7) is 1.88. The third-order valence-corrected chi connectivity index (χ3v) is 2.46. The Balaban J connectivity index is 1.92. The van der Waals surface area contributed by atoms with Crippen molar-refractivity contribution < 1.29 is 19.1 Å². The number of hydrogen-bond donors (Lipinski definition) is 2. The first-order valence-electron chi connectivity index (χ1n) is 4.88. The minimum atomic E-state index is -0.955. The maximum atomic E-state index is 10.8. The molecule has 1 unspecified atom stereocenters. The van der Waals surface area contributed by atoms with E-state index in [0.29, 0.717) is 25.0 Å². The van der Waals surface area contributed by atoms with Gasteiger partial charge in [0, 0.05) is 12.6 Å². The van der Waals surface area contributed by atoms with Gasteiger partial charge in [0.25, 0.3) is 0 Å². The molecule has 5 nitrogen and oxygen atoms in total. The zero-order valence-corrected chi connectivity index (χ0v) is 8.23. The molecule has 1 aromatic rings. The van der Waals surface area contributed by atoms with Crippen molar-refractivity contribution in [2.45, 2.75) is 19.0 Å². The highest BCUT2D eigenvalue weighted by atomic mass is 16.5. The predicted octanol–water partition coefficient (Wildman–Crippen LogP) is 0.856. The second-order valence-electron chi connectivity index (χ2n) is 3.50. The van der Waals surface area contributed by atoms with Crippen molar-refractivity contribution in [1.29, 1.82) is 0 Å². The van der Waals surface area contributed by atoms with Crippen molar-refractivity contribution in [3.05, 3.63) is 23.7 Å². The lowest BCUT2D eigenvalue weighted by molar-refractivity contribution is 0.0694. The number of carbonyl (C=O) groups is 1. The van der Waals surface area contributed by atoms with E-state index in [1.165, 1.54) is 12.3 Å². The molecular weight excluding hydrogens is 198 g/mol. The number of hydrogen-bond acceptors (Lipinski definition) is 4. The first kappa shape index (κ1) is 10.2. The van der Waals surface area contributed by atoms with Gasteiger partial charge in [0.1, 0.15) is 11.3 Å². The number of carboxylic acid groups (broad SMARTS) is 1. The Morgan fingerprint density at radius 3 is 3.20 bits per heavy atom. The predicted molar refractivity (Wildman–Crippen MR) is 51.7 cm³/mol. The third-order valence-electron chi connectivity index (χ3n) is 2.46. The Morgan fingerprint density at radius 2 is 2.53 bits per heavy atom. The summed E-state index contributed by atoms with van der Waals surface area (Å²) in [6, 6.07) is 1.77. The molecule has 2 heterocycles. The first-order chi connectivity index (χ1) is 7.27. The van der Waals surface area contributed by atoms with Crippen LogP contribution in [-0.4, -0.2) is 30.3 Å². The van der Waals surface area contributed by atoms with Gasteiger partial charge in [0.2, 0.25) is 0 Å². The first-order valence-corrected chi connectivity index (χ1v) is 4.88. The van der Waals surface area contributed by atoms with Gasteiger partial charge in [-0.3, -0.25) is 0 Å². The monoisotopic (exact) mass is 211 g/mol. The van der Waals surface area contributed by atoms with E-state index in [-0.39, 0.29) is 5.56 Å². The smallest absolute Gasteiger partial charge is 0.339 e. The highest BCUT2D eigenvalue weighted by Crippen LogP contribution is 2.11. The van der Waals surface area contributed by atoms with Gasteiger partial charge in [-0.25, -0.2) is 4.79 Å². The lowest BCUT2D eigenvalue weighted by Crippen LogP contribution is -2.28. The Hall–Kier alpha value is -1.33. The van der Waals surface area contributed by atoms with Gasteiger partial charge >= 0.3 is 5.97 Å². The van der Waals surface area contributed by atoms with Crippen LogP contribution >= 0.6 is 0 Å². The Morgan fingerprint density at radius 1 is 1.67 bits per heavy atom. The summed E-state index contributed by atoms with van der Waals surface area (Å²) < 4.78 is 10.3. The summed E-state index contributed by atoms with van der Waals surface area (Å²) in [6.07, 6.45) is 2.36. The maximum Gasteiger partial charge on any atom is 0.339 e. The molecule has 1 aliphatic rings. The molecule has 2 rings (SSSR count). The largest absolute Gasteiger partial charge is 0.478 e. The van der Waals surface area contributed by atoms with Crippen molar-refractivity contribution in [2.75, 3.05) is 13.2 Å². The quantitative estimate of drug-likeness (QED) is 0.772. The van der Waals surface area contributed by atoms with Crippen molar-refractivity contribution in [2.24, 2.45) is 0 Å². The molecule has 15 heavy (non-hydrogen) atoms. The molecule has 1 aromatic heterocycles. The summed E-state index contributed by atoms with van der Waals surface area (Å²) in [5.74, 6) is -0.488. The van der Waals surface area contributed by atoms with Crippen molar-refractivity contribution in [3.8, 4) is 0 Å². The molecule has 1 fully saturated rings. The van der Waals surface area contributed by atoms with Crippen LogP contribution in [0.15, 0.2) is 16.7 Å². The fourth-order valence-electron chi connectivity index (χ4n) is 1.60. The van der Waals surface area contributed by atoms with Crippen LogP contribution in [0.25, 0.3) is 0 Å². The third kappa shape index (κ3) is 2.37. The second kappa shape index (κ2) is 4.46. The Labute approximate surface area is 87.0 Å². The maximum absolute atomic E-state index is 10.8. The van der Waals surface area contributed by atoms with E-state index >= 15 is 0 Å². The zero-order valence-electron chi connectivity index (χ0n) is 8.23. The van der Waals surface area contributed by atoms with Crippen molar-refractivity contribution >= 4 is 5.97 Å². The van der Waals surface area contributed by atoms with Crippen LogP contribution in [-0.2, 0) is 11.3 Å². The summed E-state index contributed by atoms with van der Waals surface area (Å²) in [7, 11) is 0. The molecule has 82 valence electrons. The molecule has 0 saturated carbocycles. The van der Waals surface area contributed by atoms with Crippen LogP contribution in [0.4, 0.5) is 0 Å². The van der Waals surface area contributed by atoms with E-state index in [1.807, 2.05) is 0 Å². The summed E-state index contributed by atoms with van der Waals surface area (Å²) in [5.41, 5.74) is 0.224. The average molecular weight is 211 g/mol. The molecule has 0 radical (unpaired) electrons. The number of nitrogens with one attached hydrogen (secondary N) is 1. The minimum Gasteiger partial charge on any atom is -0.478 e. The van der Waals surface area contributed by atoms with Crippen molar-refractivity contribution in [3.63, 3.8) is 0 Å². The average Bonchev–Trinajstić information content (AvgIpc) is 2.86. The van der Waals surface area contributed by atoms with Crippen LogP contribution in [0.1, 0.15) is 22.5 Å². The van der Waals surface area contributed by atoms with E-state index in [1.54, 1.807) is 0 Å². The number of carboxylic acids is 1. The molecule has 0 aliphatic carbocycles. The fourth-order valence-corrected chi connectivity index (χ4v) is 1.60. The van der Waals surface area contributed by atoms with E-state index in [9.17, 15) is 4.79 Å². The number of furan rings is 1. The highest BCUT2D eigenvalue weighted by Gasteiger charge is 2.18. The van der Waals surface area contributed by atoms with E-state index in [4.69, 9.17) is 14.3 Å². The van der Waals surface area contributed by atoms with Crippen LogP contribution < -0.4 is 5.32 Å². The van der Waals surface area contributed by atoms with Gasteiger partial charge in [0.05, 0.1) is 19.4 Å². The van der Waals surface area contributed by atoms with Crippen LogP contribution in [0.5, 0.6) is 0 Å². The zero-order chi connectivity index (χ0) is 10.7. The molecule has 0 amide bonds.